The standard InChI is InChI=1S/C23H30N4O2S/c1-30(29)27-13-8-18(9-14-27)16-25-23(28)21-4-5-22-20(15-21)3-2-12-26(22)17-19-6-10-24-11-7-19/h4-7,10-11,15,18H,2-3,8-9,12-14,16-17H2,1H3,(H,25,28). The van der Waals surface area contributed by atoms with Crippen molar-refractivity contribution in [2.24, 2.45) is 5.92 Å². The van der Waals surface area contributed by atoms with Crippen molar-refractivity contribution >= 4 is 22.6 Å². The number of aromatic nitrogens is 1. The molecule has 0 aliphatic carbocycles. The number of rotatable bonds is 6. The van der Waals surface area contributed by atoms with Gasteiger partial charge < -0.3 is 10.2 Å². The Kier molecular flexibility index (Phi) is 6.79. The molecule has 1 atom stereocenters. The Hall–Kier alpha value is -2.25. The Balaban J connectivity index is 1.35. The summed E-state index contributed by atoms with van der Waals surface area (Å²) in [5.74, 6) is 0.466. The highest BCUT2D eigenvalue weighted by atomic mass is 32.2. The van der Waals surface area contributed by atoms with E-state index in [9.17, 15) is 9.00 Å². The number of hydrogen-bond acceptors (Lipinski definition) is 4. The highest BCUT2D eigenvalue weighted by molar-refractivity contribution is 7.81. The molecule has 0 bridgehead atoms. The van der Waals surface area contributed by atoms with Crippen LogP contribution in [-0.4, -0.2) is 51.8 Å². The van der Waals surface area contributed by atoms with Crippen molar-refractivity contribution in [1.29, 1.82) is 0 Å². The van der Waals surface area contributed by atoms with Crippen LogP contribution < -0.4 is 10.2 Å². The molecule has 3 heterocycles. The lowest BCUT2D eigenvalue weighted by Gasteiger charge is -2.32. The molecule has 6 nitrogen and oxygen atoms in total. The number of anilines is 1. The highest BCUT2D eigenvalue weighted by Gasteiger charge is 2.22. The van der Waals surface area contributed by atoms with Gasteiger partial charge >= 0.3 is 0 Å². The van der Waals surface area contributed by atoms with Crippen molar-refractivity contribution in [2.75, 3.05) is 37.3 Å². The second-order valence-corrected chi connectivity index (χ2v) is 9.59. The van der Waals surface area contributed by atoms with Crippen LogP contribution in [0.25, 0.3) is 0 Å². The molecule has 1 aromatic carbocycles. The van der Waals surface area contributed by atoms with Crippen LogP contribution in [-0.2, 0) is 24.0 Å². The number of fused-ring (bicyclic) bond motifs is 1. The number of nitrogens with one attached hydrogen (secondary N) is 1. The van der Waals surface area contributed by atoms with Crippen molar-refractivity contribution < 1.29 is 9.00 Å². The fraction of sp³-hybridized carbons (Fsp3) is 0.478. The van der Waals surface area contributed by atoms with Crippen LogP contribution in [0, 0.1) is 5.92 Å². The number of aryl methyl sites for hydroxylation is 1. The predicted molar refractivity (Wildman–Crippen MR) is 121 cm³/mol. The van der Waals surface area contributed by atoms with Gasteiger partial charge in [-0.3, -0.25) is 9.78 Å². The Morgan fingerprint density at radius 2 is 1.93 bits per heavy atom. The number of carbonyl (C=O) groups excluding carboxylic acids is 1. The first-order chi connectivity index (χ1) is 14.6. The molecular formula is C23H30N4O2S. The number of amides is 1. The summed E-state index contributed by atoms with van der Waals surface area (Å²) in [6.45, 7) is 4.27. The number of nitrogens with zero attached hydrogens (tertiary/aromatic N) is 3. The van der Waals surface area contributed by atoms with Crippen LogP contribution in [0.1, 0.15) is 40.7 Å². The highest BCUT2D eigenvalue weighted by Crippen LogP contribution is 2.29. The first-order valence-corrected chi connectivity index (χ1v) is 12.2. The largest absolute Gasteiger partial charge is 0.367 e. The molecule has 1 fully saturated rings. The maximum Gasteiger partial charge on any atom is 0.251 e. The first kappa shape index (κ1) is 21.0. The van der Waals surface area contributed by atoms with Gasteiger partial charge in [0.05, 0.1) is 11.0 Å². The average molecular weight is 427 g/mol. The van der Waals surface area contributed by atoms with Gasteiger partial charge in [0, 0.05) is 62.6 Å². The van der Waals surface area contributed by atoms with Crippen LogP contribution in [0.5, 0.6) is 0 Å². The number of piperidine rings is 1. The minimum absolute atomic E-state index is 0.00514. The summed E-state index contributed by atoms with van der Waals surface area (Å²) in [6, 6.07) is 10.2. The van der Waals surface area contributed by atoms with Gasteiger partial charge in [0.25, 0.3) is 5.91 Å². The van der Waals surface area contributed by atoms with Gasteiger partial charge in [-0.25, -0.2) is 8.51 Å². The molecular weight excluding hydrogens is 396 g/mol. The van der Waals surface area contributed by atoms with Crippen molar-refractivity contribution in [3.8, 4) is 0 Å². The summed E-state index contributed by atoms with van der Waals surface area (Å²) < 4.78 is 13.6. The van der Waals surface area contributed by atoms with E-state index in [0.29, 0.717) is 12.5 Å². The summed E-state index contributed by atoms with van der Waals surface area (Å²) in [7, 11) is -0.888. The van der Waals surface area contributed by atoms with E-state index in [0.717, 1.165) is 57.4 Å². The zero-order valence-corrected chi connectivity index (χ0v) is 18.4. The molecule has 2 aromatic rings. The maximum atomic E-state index is 12.7. The lowest BCUT2D eigenvalue weighted by atomic mass is 9.97. The predicted octanol–water partition coefficient (Wildman–Crippen LogP) is 2.77. The van der Waals surface area contributed by atoms with Crippen molar-refractivity contribution in [2.45, 2.75) is 32.2 Å². The SMILES string of the molecule is CS(=O)N1CCC(CNC(=O)c2ccc3c(c2)CCCN3Cc2ccncc2)CC1. The average Bonchev–Trinajstić information content (AvgIpc) is 2.78. The van der Waals surface area contributed by atoms with E-state index in [1.807, 2.05) is 22.8 Å². The second-order valence-electron chi connectivity index (χ2n) is 8.23. The van der Waals surface area contributed by atoms with Gasteiger partial charge in [0.2, 0.25) is 0 Å². The van der Waals surface area contributed by atoms with E-state index < -0.39 is 11.0 Å². The number of hydrogen-bond donors (Lipinski definition) is 1. The van der Waals surface area contributed by atoms with Crippen LogP contribution >= 0.6 is 0 Å². The molecule has 0 radical (unpaired) electrons. The maximum absolute atomic E-state index is 12.7. The smallest absolute Gasteiger partial charge is 0.251 e. The van der Waals surface area contributed by atoms with E-state index in [4.69, 9.17) is 0 Å². The zero-order chi connectivity index (χ0) is 20.9. The quantitative estimate of drug-likeness (QED) is 0.771. The lowest BCUT2D eigenvalue weighted by molar-refractivity contribution is 0.0941. The normalized spacial score (nSPS) is 18.6. The fourth-order valence-corrected chi connectivity index (χ4v) is 5.12. The summed E-state index contributed by atoms with van der Waals surface area (Å²) in [5, 5.41) is 3.12. The van der Waals surface area contributed by atoms with E-state index >= 15 is 0 Å². The molecule has 2 aliphatic rings. The molecule has 1 N–H and O–H groups in total. The van der Waals surface area contributed by atoms with Crippen molar-refractivity contribution in [3.05, 3.63) is 59.4 Å². The van der Waals surface area contributed by atoms with Gasteiger partial charge in [-0.15, -0.1) is 0 Å². The lowest BCUT2D eigenvalue weighted by Crippen LogP contribution is -2.39. The first-order valence-electron chi connectivity index (χ1n) is 10.7. The van der Waals surface area contributed by atoms with Gasteiger partial charge in [-0.1, -0.05) is 0 Å². The molecule has 4 rings (SSSR count). The monoisotopic (exact) mass is 426 g/mol. The Labute approximate surface area is 181 Å². The van der Waals surface area contributed by atoms with Crippen molar-refractivity contribution in [3.63, 3.8) is 0 Å². The third kappa shape index (κ3) is 5.08. The number of benzene rings is 1. The molecule has 160 valence electrons. The van der Waals surface area contributed by atoms with Crippen LogP contribution in [0.2, 0.25) is 0 Å². The second kappa shape index (κ2) is 9.71. The van der Waals surface area contributed by atoms with Crippen molar-refractivity contribution in [1.82, 2.24) is 14.6 Å². The van der Waals surface area contributed by atoms with Crippen LogP contribution in [0.3, 0.4) is 0 Å². The zero-order valence-electron chi connectivity index (χ0n) is 17.5. The van der Waals surface area contributed by atoms with E-state index in [-0.39, 0.29) is 5.91 Å². The molecule has 0 spiro atoms. The third-order valence-corrected chi connectivity index (χ3v) is 7.26. The summed E-state index contributed by atoms with van der Waals surface area (Å²) in [5.41, 5.74) is 4.47. The molecule has 0 saturated carbocycles. The molecule has 1 saturated heterocycles. The number of pyridine rings is 1. The third-order valence-electron chi connectivity index (χ3n) is 6.17. The van der Waals surface area contributed by atoms with Gasteiger partial charge in [0.1, 0.15) is 0 Å². The minimum Gasteiger partial charge on any atom is -0.367 e. The van der Waals surface area contributed by atoms with E-state index in [1.165, 1.54) is 16.8 Å². The fourth-order valence-electron chi connectivity index (χ4n) is 4.40. The Morgan fingerprint density at radius 1 is 1.17 bits per heavy atom. The summed E-state index contributed by atoms with van der Waals surface area (Å²) >= 11 is 0. The summed E-state index contributed by atoms with van der Waals surface area (Å²) in [4.78, 5) is 19.2. The Bertz CT molecular complexity index is 897. The number of carbonyl (C=O) groups is 1. The molecule has 30 heavy (non-hydrogen) atoms. The van der Waals surface area contributed by atoms with Gasteiger partial charge in [-0.05, 0) is 73.1 Å². The van der Waals surface area contributed by atoms with Gasteiger partial charge in [0.15, 0.2) is 0 Å². The van der Waals surface area contributed by atoms with Crippen LogP contribution in [0.15, 0.2) is 42.7 Å². The minimum atomic E-state index is -0.888. The van der Waals surface area contributed by atoms with Crippen LogP contribution in [0.4, 0.5) is 5.69 Å². The van der Waals surface area contributed by atoms with E-state index in [1.54, 1.807) is 6.26 Å². The molecule has 1 amide bonds. The topological polar surface area (TPSA) is 65.5 Å². The Morgan fingerprint density at radius 3 is 2.67 bits per heavy atom. The molecule has 1 aromatic heterocycles. The molecule has 2 aliphatic heterocycles. The summed E-state index contributed by atoms with van der Waals surface area (Å²) in [6.07, 6.45) is 9.47. The molecule has 7 heteroatoms. The molecule has 1 unspecified atom stereocenters. The van der Waals surface area contributed by atoms with E-state index in [2.05, 4.69) is 39.5 Å². The van der Waals surface area contributed by atoms with Gasteiger partial charge in [-0.2, -0.15) is 0 Å².